The van der Waals surface area contributed by atoms with E-state index < -0.39 is 5.82 Å². The normalized spacial score (nSPS) is 11.2. The van der Waals surface area contributed by atoms with Crippen LogP contribution in [0.3, 0.4) is 0 Å². The van der Waals surface area contributed by atoms with Crippen molar-refractivity contribution < 1.29 is 4.39 Å². The molecule has 0 fully saturated rings. The zero-order chi connectivity index (χ0) is 11.9. The Morgan fingerprint density at radius 1 is 1.44 bits per heavy atom. The minimum atomic E-state index is -0.461. The highest BCUT2D eigenvalue weighted by Crippen LogP contribution is 2.13. The number of hydrogen-bond acceptors (Lipinski definition) is 2. The van der Waals surface area contributed by atoms with Gasteiger partial charge in [-0.05, 0) is 38.2 Å². The van der Waals surface area contributed by atoms with Crippen LogP contribution < -0.4 is 5.56 Å². The largest absolute Gasteiger partial charge is 0.329 e. The summed E-state index contributed by atoms with van der Waals surface area (Å²) in [5.41, 5.74) is -0.0809. The maximum Gasteiger partial charge on any atom is 0.262 e. The highest BCUT2D eigenvalue weighted by Gasteiger charge is 2.10. The number of aromatic amines is 1. The Morgan fingerprint density at radius 2 is 2.12 bits per heavy atom. The Morgan fingerprint density at radius 3 is 2.75 bits per heavy atom. The minimum Gasteiger partial charge on any atom is -0.329 e. The molecule has 1 aromatic carbocycles. The second kappa shape index (κ2) is 3.83. The maximum absolute atomic E-state index is 13.5. The van der Waals surface area contributed by atoms with Gasteiger partial charge in [-0.1, -0.05) is 6.07 Å². The molecule has 0 amide bonds. The molecule has 0 bridgehead atoms. The van der Waals surface area contributed by atoms with Crippen molar-refractivity contribution >= 4 is 23.1 Å². The summed E-state index contributed by atoms with van der Waals surface area (Å²) in [5.74, 6) is -0.461. The van der Waals surface area contributed by atoms with Crippen LogP contribution in [-0.2, 0) is 0 Å². The zero-order valence-electron chi connectivity index (χ0n) is 8.95. The zero-order valence-corrected chi connectivity index (χ0v) is 9.77. The number of rotatable bonds is 1. The maximum atomic E-state index is 13.5. The molecule has 0 aliphatic rings. The lowest BCUT2D eigenvalue weighted by Gasteiger charge is -2.11. The second-order valence-corrected chi connectivity index (χ2v) is 4.25. The first kappa shape index (κ1) is 11.0. The minimum absolute atomic E-state index is 0.0519. The molecule has 84 valence electrons. The van der Waals surface area contributed by atoms with E-state index in [9.17, 15) is 9.18 Å². The standard InChI is InChI=1S/C11H11FN2OS/c1-6(2)14-10(15)7-4-3-5-8(12)9(7)13-11(14)16/h3-6H,1-2H3,(H,13,16). The summed E-state index contributed by atoms with van der Waals surface area (Å²) < 4.78 is 15.1. The summed E-state index contributed by atoms with van der Waals surface area (Å²) >= 11 is 5.04. The first-order valence-electron chi connectivity index (χ1n) is 4.95. The molecule has 1 heterocycles. The second-order valence-electron chi connectivity index (χ2n) is 3.86. The van der Waals surface area contributed by atoms with Crippen LogP contribution >= 0.6 is 12.2 Å². The molecule has 0 aliphatic carbocycles. The molecular weight excluding hydrogens is 227 g/mol. The Bertz CT molecular complexity index is 657. The van der Waals surface area contributed by atoms with Gasteiger partial charge in [-0.2, -0.15) is 0 Å². The summed E-state index contributed by atoms with van der Waals surface area (Å²) in [6.07, 6.45) is 0. The molecule has 5 heteroatoms. The molecule has 2 aromatic rings. The van der Waals surface area contributed by atoms with Gasteiger partial charge in [0.2, 0.25) is 0 Å². The van der Waals surface area contributed by atoms with Crippen molar-refractivity contribution in [3.8, 4) is 0 Å². The summed E-state index contributed by atoms with van der Waals surface area (Å²) in [6, 6.07) is 4.35. The number of fused-ring (bicyclic) bond motifs is 1. The number of aromatic nitrogens is 2. The van der Waals surface area contributed by atoms with Crippen molar-refractivity contribution in [1.82, 2.24) is 9.55 Å². The number of halogens is 1. The van der Waals surface area contributed by atoms with Gasteiger partial charge >= 0.3 is 0 Å². The van der Waals surface area contributed by atoms with E-state index in [2.05, 4.69) is 4.98 Å². The molecule has 1 aromatic heterocycles. The Labute approximate surface area is 96.5 Å². The number of nitrogens with zero attached hydrogens (tertiary/aromatic N) is 1. The van der Waals surface area contributed by atoms with E-state index >= 15 is 0 Å². The van der Waals surface area contributed by atoms with Crippen LogP contribution in [0, 0.1) is 10.6 Å². The third kappa shape index (κ3) is 1.57. The molecule has 0 radical (unpaired) electrons. The first-order valence-corrected chi connectivity index (χ1v) is 5.36. The molecule has 0 aliphatic heterocycles. The number of H-pyrrole nitrogens is 1. The van der Waals surface area contributed by atoms with Gasteiger partial charge in [0, 0.05) is 6.04 Å². The number of nitrogens with one attached hydrogen (secondary N) is 1. The van der Waals surface area contributed by atoms with Crippen LogP contribution in [0.2, 0.25) is 0 Å². The summed E-state index contributed by atoms with van der Waals surface area (Å²) in [5, 5.41) is 0.322. The molecule has 0 unspecified atom stereocenters. The highest BCUT2D eigenvalue weighted by molar-refractivity contribution is 7.71. The van der Waals surface area contributed by atoms with Crippen LogP contribution in [0.5, 0.6) is 0 Å². The number of benzene rings is 1. The van der Waals surface area contributed by atoms with E-state index in [4.69, 9.17) is 12.2 Å². The molecule has 1 N–H and O–H groups in total. The molecular formula is C11H11FN2OS. The fourth-order valence-corrected chi connectivity index (χ4v) is 2.08. The predicted molar refractivity (Wildman–Crippen MR) is 63.7 cm³/mol. The SMILES string of the molecule is CC(C)n1c(=S)[nH]c2c(F)cccc2c1=O. The van der Waals surface area contributed by atoms with E-state index in [-0.39, 0.29) is 21.9 Å². The van der Waals surface area contributed by atoms with Gasteiger partial charge in [0.25, 0.3) is 5.56 Å². The third-order valence-corrected chi connectivity index (χ3v) is 2.73. The fraction of sp³-hybridized carbons (Fsp3) is 0.273. The highest BCUT2D eigenvalue weighted by atomic mass is 32.1. The quantitative estimate of drug-likeness (QED) is 0.776. The van der Waals surface area contributed by atoms with E-state index in [0.29, 0.717) is 5.39 Å². The predicted octanol–water partition coefficient (Wildman–Crippen LogP) is 2.78. The van der Waals surface area contributed by atoms with Crippen molar-refractivity contribution in [1.29, 1.82) is 0 Å². The van der Waals surface area contributed by atoms with Crippen molar-refractivity contribution in [2.45, 2.75) is 19.9 Å². The Balaban J connectivity index is 3.01. The van der Waals surface area contributed by atoms with Crippen LogP contribution in [0.25, 0.3) is 10.9 Å². The van der Waals surface area contributed by atoms with E-state index in [1.54, 1.807) is 6.07 Å². The van der Waals surface area contributed by atoms with Gasteiger partial charge in [-0.25, -0.2) is 4.39 Å². The van der Waals surface area contributed by atoms with Crippen LogP contribution in [0.1, 0.15) is 19.9 Å². The molecule has 0 atom stereocenters. The van der Waals surface area contributed by atoms with Crippen molar-refractivity contribution in [3.05, 3.63) is 39.1 Å². The Kier molecular flexibility index (Phi) is 2.63. The molecule has 0 saturated carbocycles. The molecule has 0 spiro atoms. The number of para-hydroxylation sites is 1. The first-order chi connectivity index (χ1) is 7.52. The van der Waals surface area contributed by atoms with Crippen LogP contribution in [0.4, 0.5) is 4.39 Å². The molecule has 2 rings (SSSR count). The van der Waals surface area contributed by atoms with Gasteiger partial charge in [-0.3, -0.25) is 9.36 Å². The summed E-state index contributed by atoms with van der Waals surface area (Å²) in [6.45, 7) is 3.71. The average molecular weight is 238 g/mol. The van der Waals surface area contributed by atoms with Crippen molar-refractivity contribution in [2.75, 3.05) is 0 Å². The van der Waals surface area contributed by atoms with Gasteiger partial charge < -0.3 is 4.98 Å². The molecule has 3 nitrogen and oxygen atoms in total. The smallest absolute Gasteiger partial charge is 0.262 e. The molecule has 0 saturated heterocycles. The van der Waals surface area contributed by atoms with Gasteiger partial charge in [0.05, 0.1) is 10.9 Å². The topological polar surface area (TPSA) is 37.8 Å². The lowest BCUT2D eigenvalue weighted by molar-refractivity contribution is 0.562. The lowest BCUT2D eigenvalue weighted by Crippen LogP contribution is -2.24. The van der Waals surface area contributed by atoms with Crippen LogP contribution in [0.15, 0.2) is 23.0 Å². The van der Waals surface area contributed by atoms with E-state index in [1.807, 2.05) is 13.8 Å². The fourth-order valence-electron chi connectivity index (χ4n) is 1.69. The van der Waals surface area contributed by atoms with Crippen molar-refractivity contribution in [3.63, 3.8) is 0 Å². The van der Waals surface area contributed by atoms with Gasteiger partial charge in [0.1, 0.15) is 5.82 Å². The third-order valence-electron chi connectivity index (χ3n) is 2.43. The van der Waals surface area contributed by atoms with Crippen molar-refractivity contribution in [2.24, 2.45) is 0 Å². The molecule has 16 heavy (non-hydrogen) atoms. The van der Waals surface area contributed by atoms with Gasteiger partial charge in [-0.15, -0.1) is 0 Å². The van der Waals surface area contributed by atoms with Crippen LogP contribution in [-0.4, -0.2) is 9.55 Å². The average Bonchev–Trinajstić information content (AvgIpc) is 2.19. The monoisotopic (exact) mass is 238 g/mol. The van der Waals surface area contributed by atoms with E-state index in [1.165, 1.54) is 16.7 Å². The summed E-state index contributed by atoms with van der Waals surface area (Å²) in [4.78, 5) is 14.8. The van der Waals surface area contributed by atoms with E-state index in [0.717, 1.165) is 0 Å². The summed E-state index contributed by atoms with van der Waals surface area (Å²) in [7, 11) is 0. The Hall–Kier alpha value is -1.49. The lowest BCUT2D eigenvalue weighted by atomic mass is 10.2. The van der Waals surface area contributed by atoms with Gasteiger partial charge in [0.15, 0.2) is 4.77 Å². The number of hydrogen-bond donors (Lipinski definition) is 1.